The van der Waals surface area contributed by atoms with E-state index < -0.39 is 59.8 Å². The molecule has 1 aliphatic rings. The van der Waals surface area contributed by atoms with Crippen LogP contribution in [0.3, 0.4) is 0 Å². The summed E-state index contributed by atoms with van der Waals surface area (Å²) in [5, 5.41) is 35.7. The maximum absolute atomic E-state index is 12.2. The number of carboxylic acid groups (broad SMARTS) is 4. The van der Waals surface area contributed by atoms with Gasteiger partial charge in [0.25, 0.3) is 0 Å². The molecule has 0 aromatic rings. The molecule has 1 fully saturated rings. The summed E-state index contributed by atoms with van der Waals surface area (Å²) in [5.41, 5.74) is -2.62. The van der Waals surface area contributed by atoms with E-state index in [1.165, 1.54) is 0 Å². The van der Waals surface area contributed by atoms with Gasteiger partial charge in [0.15, 0.2) is 11.7 Å². The topological polar surface area (TPSA) is 166 Å². The van der Waals surface area contributed by atoms with Gasteiger partial charge in [-0.15, -0.1) is 0 Å². The number of carbonyl (C=O) groups is 5. The van der Waals surface area contributed by atoms with Crippen LogP contribution < -0.4 is 0 Å². The van der Waals surface area contributed by atoms with Crippen LogP contribution in [0.5, 0.6) is 0 Å². The van der Waals surface area contributed by atoms with Gasteiger partial charge in [0.1, 0.15) is 0 Å². The van der Waals surface area contributed by atoms with Crippen LogP contribution in [0.1, 0.15) is 25.7 Å². The molecular weight excluding hydrogens is 288 g/mol. The van der Waals surface area contributed by atoms with E-state index in [0.717, 1.165) is 0 Å². The summed E-state index contributed by atoms with van der Waals surface area (Å²) in [5.74, 6) is -11.2. The first-order valence-electron chi connectivity index (χ1n) is 6.11. The first-order chi connectivity index (χ1) is 9.64. The smallest absolute Gasteiger partial charge is 0.328 e. The van der Waals surface area contributed by atoms with Crippen molar-refractivity contribution >= 4 is 29.7 Å². The molecule has 0 heterocycles. The Morgan fingerprint density at radius 1 is 1.05 bits per heavy atom. The van der Waals surface area contributed by atoms with Crippen molar-refractivity contribution in [2.45, 2.75) is 25.7 Å². The number of ketones is 1. The summed E-state index contributed by atoms with van der Waals surface area (Å²) in [7, 11) is 0. The van der Waals surface area contributed by atoms with Crippen molar-refractivity contribution < 1.29 is 44.4 Å². The Morgan fingerprint density at radius 3 is 1.90 bits per heavy atom. The molecule has 0 aliphatic heterocycles. The number of aliphatic carboxylic acids is 4. The summed E-state index contributed by atoms with van der Waals surface area (Å²) >= 11 is 0. The van der Waals surface area contributed by atoms with Crippen molar-refractivity contribution in [2.24, 2.45) is 17.3 Å². The first kappa shape index (κ1) is 16.6. The summed E-state index contributed by atoms with van der Waals surface area (Å²) in [6.45, 7) is 0. The second-order valence-electron chi connectivity index (χ2n) is 4.93. The standard InChI is InChI=1S/C12H14O9/c13-7-5(4-6(8(14)15)9(16)17)2-1-3-12(7,10(18)19)11(20)21/h5-6H,1-4H2,(H,14,15)(H,16,17)(H,18,19)(H,20,21). The van der Waals surface area contributed by atoms with Crippen molar-refractivity contribution in [3.8, 4) is 0 Å². The van der Waals surface area contributed by atoms with Crippen LogP contribution in [0.4, 0.5) is 0 Å². The minimum absolute atomic E-state index is 0.0677. The fraction of sp³-hybridized carbons (Fsp3) is 0.583. The number of carboxylic acids is 4. The van der Waals surface area contributed by atoms with Crippen molar-refractivity contribution in [1.29, 1.82) is 0 Å². The lowest BCUT2D eigenvalue weighted by Crippen LogP contribution is -2.52. The zero-order valence-corrected chi connectivity index (χ0v) is 10.8. The molecule has 0 aromatic carbocycles. The van der Waals surface area contributed by atoms with Gasteiger partial charge in [-0.1, -0.05) is 6.42 Å². The molecule has 1 saturated carbocycles. The van der Waals surface area contributed by atoms with Crippen LogP contribution in [0, 0.1) is 17.3 Å². The van der Waals surface area contributed by atoms with Crippen molar-refractivity contribution in [3.63, 3.8) is 0 Å². The number of Topliss-reactive ketones (excluding diaryl/α,β-unsaturated/α-hetero) is 1. The Kier molecular flexibility index (Phi) is 4.66. The van der Waals surface area contributed by atoms with E-state index in [4.69, 9.17) is 20.4 Å². The molecule has 0 amide bonds. The molecule has 0 saturated heterocycles. The van der Waals surface area contributed by atoms with E-state index in [-0.39, 0.29) is 12.8 Å². The molecule has 0 radical (unpaired) electrons. The van der Waals surface area contributed by atoms with Gasteiger partial charge in [0.2, 0.25) is 5.41 Å². The fourth-order valence-corrected chi connectivity index (χ4v) is 2.55. The van der Waals surface area contributed by atoms with Gasteiger partial charge >= 0.3 is 23.9 Å². The van der Waals surface area contributed by atoms with Gasteiger partial charge in [-0.2, -0.15) is 0 Å². The van der Waals surface area contributed by atoms with Crippen molar-refractivity contribution in [3.05, 3.63) is 0 Å². The molecule has 9 heteroatoms. The molecule has 116 valence electrons. The number of carbonyl (C=O) groups excluding carboxylic acids is 1. The summed E-state index contributed by atoms with van der Waals surface area (Å²) in [6.07, 6.45) is -0.858. The van der Waals surface area contributed by atoms with E-state index in [9.17, 15) is 24.0 Å². The molecule has 1 aliphatic carbocycles. The number of rotatable bonds is 6. The molecular formula is C12H14O9. The van der Waals surface area contributed by atoms with Gasteiger partial charge in [0, 0.05) is 5.92 Å². The largest absolute Gasteiger partial charge is 0.481 e. The molecule has 1 atom stereocenters. The van der Waals surface area contributed by atoms with Crippen molar-refractivity contribution in [1.82, 2.24) is 0 Å². The highest BCUT2D eigenvalue weighted by Crippen LogP contribution is 2.39. The van der Waals surface area contributed by atoms with Crippen LogP contribution in [-0.4, -0.2) is 50.1 Å². The molecule has 0 bridgehead atoms. The molecule has 4 N–H and O–H groups in total. The summed E-state index contributed by atoms with van der Waals surface area (Å²) in [6, 6.07) is 0. The van der Waals surface area contributed by atoms with Gasteiger partial charge in [-0.3, -0.25) is 24.0 Å². The van der Waals surface area contributed by atoms with Gasteiger partial charge in [0.05, 0.1) is 0 Å². The fourth-order valence-electron chi connectivity index (χ4n) is 2.55. The van der Waals surface area contributed by atoms with Crippen LogP contribution in [0.15, 0.2) is 0 Å². The molecule has 1 unspecified atom stereocenters. The van der Waals surface area contributed by atoms with E-state index in [1.54, 1.807) is 0 Å². The molecule has 21 heavy (non-hydrogen) atoms. The summed E-state index contributed by atoms with van der Waals surface area (Å²) < 4.78 is 0. The normalized spacial score (nSPS) is 21.0. The second-order valence-corrected chi connectivity index (χ2v) is 4.93. The highest BCUT2D eigenvalue weighted by molar-refractivity contribution is 6.20. The third-order valence-corrected chi connectivity index (χ3v) is 3.74. The number of hydrogen-bond donors (Lipinski definition) is 4. The van der Waals surface area contributed by atoms with Gasteiger partial charge < -0.3 is 20.4 Å². The third-order valence-electron chi connectivity index (χ3n) is 3.74. The molecule has 0 spiro atoms. The predicted octanol–water partition coefficient (Wildman–Crippen LogP) is -0.313. The zero-order chi connectivity index (χ0) is 16.4. The van der Waals surface area contributed by atoms with E-state index in [2.05, 4.69) is 0 Å². The Balaban J connectivity index is 3.08. The molecule has 0 aromatic heterocycles. The summed E-state index contributed by atoms with van der Waals surface area (Å²) in [4.78, 5) is 56.2. The highest BCUT2D eigenvalue weighted by Gasteiger charge is 2.57. The van der Waals surface area contributed by atoms with Crippen LogP contribution in [0.25, 0.3) is 0 Å². The lowest BCUT2D eigenvalue weighted by atomic mass is 9.66. The van der Waals surface area contributed by atoms with Crippen LogP contribution in [-0.2, 0) is 24.0 Å². The van der Waals surface area contributed by atoms with Crippen LogP contribution >= 0.6 is 0 Å². The minimum Gasteiger partial charge on any atom is -0.481 e. The first-order valence-corrected chi connectivity index (χ1v) is 6.11. The Labute approximate surface area is 118 Å². The highest BCUT2D eigenvalue weighted by atomic mass is 16.4. The molecule has 1 rings (SSSR count). The number of hydrogen-bond acceptors (Lipinski definition) is 5. The maximum atomic E-state index is 12.2. The van der Waals surface area contributed by atoms with Gasteiger partial charge in [-0.05, 0) is 19.3 Å². The van der Waals surface area contributed by atoms with Gasteiger partial charge in [-0.25, -0.2) is 0 Å². The third kappa shape index (κ3) is 2.86. The average molecular weight is 302 g/mol. The minimum atomic E-state index is -2.62. The zero-order valence-electron chi connectivity index (χ0n) is 10.8. The SMILES string of the molecule is O=C(O)C(CC1CCCC(C(=O)O)(C(=O)O)C1=O)C(=O)O. The Hall–Kier alpha value is -2.45. The van der Waals surface area contributed by atoms with E-state index in [0.29, 0.717) is 0 Å². The Morgan fingerprint density at radius 2 is 1.52 bits per heavy atom. The average Bonchev–Trinajstić information content (AvgIpc) is 2.35. The maximum Gasteiger partial charge on any atom is 0.328 e. The van der Waals surface area contributed by atoms with Crippen LogP contribution in [0.2, 0.25) is 0 Å². The van der Waals surface area contributed by atoms with E-state index in [1.807, 2.05) is 0 Å². The Bertz CT molecular complexity index is 479. The quantitative estimate of drug-likeness (QED) is 0.481. The monoisotopic (exact) mass is 302 g/mol. The molecule has 9 nitrogen and oxygen atoms in total. The second kappa shape index (κ2) is 5.90. The predicted molar refractivity (Wildman–Crippen MR) is 63.4 cm³/mol. The lowest BCUT2D eigenvalue weighted by Gasteiger charge is -2.33. The van der Waals surface area contributed by atoms with E-state index >= 15 is 0 Å². The lowest BCUT2D eigenvalue weighted by molar-refractivity contribution is -0.172. The van der Waals surface area contributed by atoms with Crippen molar-refractivity contribution in [2.75, 3.05) is 0 Å².